The highest BCUT2D eigenvalue weighted by atomic mass is 32.1. The predicted octanol–water partition coefficient (Wildman–Crippen LogP) is 3.82. The predicted molar refractivity (Wildman–Crippen MR) is 128 cm³/mol. The molecule has 172 valence electrons. The first-order valence-electron chi connectivity index (χ1n) is 11.5. The summed E-state index contributed by atoms with van der Waals surface area (Å²) in [5.41, 5.74) is 0.713. The van der Waals surface area contributed by atoms with Crippen molar-refractivity contribution < 1.29 is 14.3 Å². The Morgan fingerprint density at radius 3 is 2.61 bits per heavy atom. The van der Waals surface area contributed by atoms with Crippen molar-refractivity contribution in [3.05, 3.63) is 63.7 Å². The molecule has 3 aromatic rings. The Balaban J connectivity index is 1.13. The maximum absolute atomic E-state index is 12.9. The third-order valence-electron chi connectivity index (χ3n) is 6.62. The first-order valence-corrected chi connectivity index (χ1v) is 11.9. The van der Waals surface area contributed by atoms with E-state index in [2.05, 4.69) is 10.3 Å². The largest absolute Gasteiger partial charge is 0.486 e. The molecule has 2 aliphatic rings. The van der Waals surface area contributed by atoms with Gasteiger partial charge in [-0.15, -0.1) is 0 Å². The molecule has 2 heterocycles. The van der Waals surface area contributed by atoms with Crippen LogP contribution in [0.25, 0.3) is 10.9 Å². The summed E-state index contributed by atoms with van der Waals surface area (Å²) in [6, 6.07) is 15.0. The van der Waals surface area contributed by atoms with E-state index >= 15 is 0 Å². The average Bonchev–Trinajstić information content (AvgIpc) is 2.85. The molecule has 7 nitrogen and oxygen atoms in total. The van der Waals surface area contributed by atoms with Gasteiger partial charge in [-0.1, -0.05) is 24.3 Å². The van der Waals surface area contributed by atoms with Gasteiger partial charge in [0.05, 0.1) is 17.4 Å². The molecule has 0 saturated heterocycles. The second kappa shape index (κ2) is 9.39. The highest BCUT2D eigenvalue weighted by molar-refractivity contribution is 7.71. The van der Waals surface area contributed by atoms with E-state index in [-0.39, 0.29) is 23.5 Å². The van der Waals surface area contributed by atoms with Crippen molar-refractivity contribution in [2.75, 3.05) is 13.2 Å². The van der Waals surface area contributed by atoms with E-state index in [0.29, 0.717) is 41.5 Å². The van der Waals surface area contributed by atoms with Crippen molar-refractivity contribution in [1.82, 2.24) is 14.9 Å². The fourth-order valence-corrected chi connectivity index (χ4v) is 5.02. The number of aromatic nitrogens is 2. The van der Waals surface area contributed by atoms with Gasteiger partial charge in [-0.2, -0.15) is 0 Å². The van der Waals surface area contributed by atoms with Crippen LogP contribution < -0.4 is 20.3 Å². The number of para-hydroxylation sites is 3. The summed E-state index contributed by atoms with van der Waals surface area (Å²) in [5, 5.41) is 3.68. The topological polar surface area (TPSA) is 85.3 Å². The van der Waals surface area contributed by atoms with Gasteiger partial charge in [-0.25, -0.2) is 0 Å². The lowest BCUT2D eigenvalue weighted by Gasteiger charge is -2.30. The monoisotopic (exact) mass is 465 g/mol. The molecule has 1 atom stereocenters. The SMILES string of the molecule is O=C(NC[C@@H]1COc2ccccc2O1)C1CCC(Cn2c(=S)[nH]c3ccccc3c2=O)CC1. The molecular weight excluding hydrogens is 438 g/mol. The van der Waals surface area contributed by atoms with Gasteiger partial charge < -0.3 is 19.8 Å². The van der Waals surface area contributed by atoms with Gasteiger partial charge in [0, 0.05) is 12.5 Å². The number of amides is 1. The normalized spacial score (nSPS) is 22.1. The van der Waals surface area contributed by atoms with Gasteiger partial charge in [0.15, 0.2) is 16.3 Å². The highest BCUT2D eigenvalue weighted by Gasteiger charge is 2.28. The summed E-state index contributed by atoms with van der Waals surface area (Å²) < 4.78 is 13.8. The van der Waals surface area contributed by atoms with Gasteiger partial charge >= 0.3 is 0 Å². The van der Waals surface area contributed by atoms with E-state index in [1.165, 1.54) is 0 Å². The molecule has 1 aliphatic heterocycles. The van der Waals surface area contributed by atoms with Crippen LogP contribution in [0.3, 0.4) is 0 Å². The number of fused-ring (bicyclic) bond motifs is 2. The summed E-state index contributed by atoms with van der Waals surface area (Å²) >= 11 is 5.44. The molecule has 8 heteroatoms. The Morgan fingerprint density at radius 1 is 1.06 bits per heavy atom. The van der Waals surface area contributed by atoms with Gasteiger partial charge in [0.2, 0.25) is 5.91 Å². The lowest BCUT2D eigenvalue weighted by molar-refractivity contribution is -0.126. The summed E-state index contributed by atoms with van der Waals surface area (Å²) in [6.45, 7) is 1.43. The quantitative estimate of drug-likeness (QED) is 0.560. The van der Waals surface area contributed by atoms with Crippen LogP contribution in [-0.2, 0) is 11.3 Å². The number of carbonyl (C=O) groups excluding carboxylic acids is 1. The Kier molecular flexibility index (Phi) is 6.17. The van der Waals surface area contributed by atoms with Crippen molar-refractivity contribution in [3.8, 4) is 11.5 Å². The van der Waals surface area contributed by atoms with Gasteiger partial charge in [-0.3, -0.25) is 14.2 Å². The standard InChI is InChI=1S/C25H27N3O4S/c29-23(26-13-18-15-31-21-7-3-4-8-22(21)32-18)17-11-9-16(10-12-17)14-28-24(30)19-5-1-2-6-20(19)27-25(28)33/h1-8,16-18H,9-15H2,(H,26,29)(H,27,33)/t16?,17?,18-/m1/s1. The maximum Gasteiger partial charge on any atom is 0.262 e. The zero-order valence-electron chi connectivity index (χ0n) is 18.3. The van der Waals surface area contributed by atoms with Crippen LogP contribution in [-0.4, -0.2) is 34.7 Å². The Hall–Kier alpha value is -3.13. The third kappa shape index (κ3) is 4.66. The molecule has 0 spiro atoms. The molecule has 1 saturated carbocycles. The van der Waals surface area contributed by atoms with E-state index < -0.39 is 0 Å². The van der Waals surface area contributed by atoms with Gasteiger partial charge in [0.1, 0.15) is 12.7 Å². The second-order valence-corrected chi connectivity index (χ2v) is 9.24. The number of ether oxygens (including phenoxy) is 2. The molecule has 2 aromatic carbocycles. The number of H-pyrrole nitrogens is 1. The summed E-state index contributed by atoms with van der Waals surface area (Å²) in [4.78, 5) is 28.8. The molecule has 0 bridgehead atoms. The summed E-state index contributed by atoms with van der Waals surface area (Å²) in [6.07, 6.45) is 3.20. The van der Waals surface area contributed by atoms with Crippen molar-refractivity contribution in [3.63, 3.8) is 0 Å². The molecule has 1 amide bonds. The molecule has 1 fully saturated rings. The number of hydrogen-bond acceptors (Lipinski definition) is 5. The lowest BCUT2D eigenvalue weighted by Crippen LogP contribution is -2.43. The number of carbonyl (C=O) groups is 1. The first kappa shape index (κ1) is 21.7. The number of aromatic amines is 1. The molecule has 1 aromatic heterocycles. The molecule has 0 radical (unpaired) electrons. The molecule has 5 rings (SSSR count). The van der Waals surface area contributed by atoms with Crippen LogP contribution >= 0.6 is 12.2 Å². The van der Waals surface area contributed by atoms with E-state index in [1.54, 1.807) is 4.57 Å². The lowest BCUT2D eigenvalue weighted by atomic mass is 9.81. The highest BCUT2D eigenvalue weighted by Crippen LogP contribution is 2.32. The number of hydrogen-bond donors (Lipinski definition) is 2. The summed E-state index contributed by atoms with van der Waals surface area (Å²) in [7, 11) is 0. The summed E-state index contributed by atoms with van der Waals surface area (Å²) in [5.74, 6) is 1.83. The van der Waals surface area contributed by atoms with Crippen molar-refractivity contribution in [1.29, 1.82) is 0 Å². The minimum atomic E-state index is -0.193. The van der Waals surface area contributed by atoms with Crippen LogP contribution in [0, 0.1) is 16.6 Å². The molecular formula is C25H27N3O4S. The van der Waals surface area contributed by atoms with E-state index in [9.17, 15) is 9.59 Å². The smallest absolute Gasteiger partial charge is 0.262 e. The Bertz CT molecular complexity index is 1280. The zero-order chi connectivity index (χ0) is 22.8. The number of nitrogens with zero attached hydrogens (tertiary/aromatic N) is 1. The van der Waals surface area contributed by atoms with Crippen molar-refractivity contribution in [2.45, 2.75) is 38.3 Å². The van der Waals surface area contributed by atoms with Crippen molar-refractivity contribution >= 4 is 29.0 Å². The zero-order valence-corrected chi connectivity index (χ0v) is 19.1. The number of rotatable bonds is 5. The minimum Gasteiger partial charge on any atom is -0.486 e. The number of benzene rings is 2. The van der Waals surface area contributed by atoms with Crippen LogP contribution in [0.15, 0.2) is 53.3 Å². The number of nitrogens with one attached hydrogen (secondary N) is 2. The maximum atomic E-state index is 12.9. The van der Waals surface area contributed by atoms with Crippen LogP contribution in [0.1, 0.15) is 25.7 Å². The molecule has 2 N–H and O–H groups in total. The fourth-order valence-electron chi connectivity index (χ4n) is 4.75. The van der Waals surface area contributed by atoms with Crippen LogP contribution in [0.2, 0.25) is 0 Å². The van der Waals surface area contributed by atoms with E-state index in [0.717, 1.165) is 36.9 Å². The van der Waals surface area contributed by atoms with E-state index in [1.807, 2.05) is 48.5 Å². The molecule has 33 heavy (non-hydrogen) atoms. The second-order valence-electron chi connectivity index (χ2n) is 8.85. The Labute approximate surface area is 196 Å². The average molecular weight is 466 g/mol. The van der Waals surface area contributed by atoms with Crippen LogP contribution in [0.5, 0.6) is 11.5 Å². The Morgan fingerprint density at radius 2 is 1.79 bits per heavy atom. The minimum absolute atomic E-state index is 0.0131. The third-order valence-corrected chi connectivity index (χ3v) is 6.94. The molecule has 1 aliphatic carbocycles. The fraction of sp³-hybridized carbons (Fsp3) is 0.400. The first-order chi connectivity index (χ1) is 16.1. The van der Waals surface area contributed by atoms with Gasteiger partial charge in [0.25, 0.3) is 5.56 Å². The van der Waals surface area contributed by atoms with Crippen LogP contribution in [0.4, 0.5) is 0 Å². The van der Waals surface area contributed by atoms with E-state index in [4.69, 9.17) is 21.7 Å². The van der Waals surface area contributed by atoms with Crippen molar-refractivity contribution in [2.24, 2.45) is 11.8 Å². The molecule has 0 unspecified atom stereocenters. The van der Waals surface area contributed by atoms with Gasteiger partial charge in [-0.05, 0) is 68.1 Å².